The Morgan fingerprint density at radius 3 is 2.46 bits per heavy atom. The highest BCUT2D eigenvalue weighted by Gasteiger charge is 2.17. The molecule has 6 nitrogen and oxygen atoms in total. The molecule has 28 heavy (non-hydrogen) atoms. The van der Waals surface area contributed by atoms with E-state index >= 15 is 0 Å². The Morgan fingerprint density at radius 2 is 1.79 bits per heavy atom. The standard InChI is InChI=1S/C22H19N5O/c1-25(2)14-24-16-8-10-17(11-9-16)27-21-18-6-4-5-7-19(18)26(3)20(21)12-15(13-23)22(27)28/h4-12,14H,1-3H3. The fourth-order valence-electron chi connectivity index (χ4n) is 3.41. The number of aliphatic imine (C=N–C) groups is 1. The second kappa shape index (κ2) is 6.71. The van der Waals surface area contributed by atoms with Crippen LogP contribution in [0.1, 0.15) is 5.56 Å². The first-order valence-corrected chi connectivity index (χ1v) is 8.85. The third-order valence-electron chi connectivity index (χ3n) is 4.73. The number of hydrogen-bond donors (Lipinski definition) is 0. The highest BCUT2D eigenvalue weighted by molar-refractivity contribution is 6.06. The summed E-state index contributed by atoms with van der Waals surface area (Å²) in [6.07, 6.45) is 1.72. The van der Waals surface area contributed by atoms with Crippen LogP contribution in [0, 0.1) is 11.3 Å². The SMILES string of the molecule is CN(C)C=Nc1ccc(-n2c(=O)c(C#N)cc3c2c2ccccc2n3C)cc1. The molecular formula is C22H19N5O. The van der Waals surface area contributed by atoms with Crippen LogP contribution in [0.25, 0.3) is 27.6 Å². The van der Waals surface area contributed by atoms with Gasteiger partial charge in [0.15, 0.2) is 0 Å². The monoisotopic (exact) mass is 369 g/mol. The van der Waals surface area contributed by atoms with Gasteiger partial charge in [0.25, 0.3) is 5.56 Å². The molecule has 2 heterocycles. The number of nitriles is 1. The van der Waals surface area contributed by atoms with Crippen molar-refractivity contribution in [2.24, 2.45) is 12.0 Å². The van der Waals surface area contributed by atoms with Crippen molar-refractivity contribution in [2.75, 3.05) is 14.1 Å². The van der Waals surface area contributed by atoms with Crippen LogP contribution in [0.4, 0.5) is 5.69 Å². The van der Waals surface area contributed by atoms with E-state index in [1.807, 2.05) is 85.2 Å². The lowest BCUT2D eigenvalue weighted by molar-refractivity contribution is 0.643. The van der Waals surface area contributed by atoms with Crippen LogP contribution >= 0.6 is 0 Å². The smallest absolute Gasteiger partial charge is 0.273 e. The number of para-hydroxylation sites is 1. The van der Waals surface area contributed by atoms with Crippen molar-refractivity contribution in [3.63, 3.8) is 0 Å². The highest BCUT2D eigenvalue weighted by atomic mass is 16.1. The molecule has 0 spiro atoms. The molecule has 6 heteroatoms. The second-order valence-corrected chi connectivity index (χ2v) is 6.84. The number of benzene rings is 2. The number of pyridine rings is 1. The van der Waals surface area contributed by atoms with Crippen LogP contribution in [0.3, 0.4) is 0 Å². The quantitative estimate of drug-likeness (QED) is 0.409. The Labute approximate surface area is 162 Å². The number of nitrogens with zero attached hydrogens (tertiary/aromatic N) is 5. The van der Waals surface area contributed by atoms with Crippen molar-refractivity contribution >= 4 is 34.0 Å². The molecule has 4 rings (SSSR count). The maximum atomic E-state index is 13.1. The maximum Gasteiger partial charge on any atom is 0.273 e. The van der Waals surface area contributed by atoms with E-state index in [0.29, 0.717) is 5.69 Å². The highest BCUT2D eigenvalue weighted by Crippen LogP contribution is 2.29. The van der Waals surface area contributed by atoms with Crippen LogP contribution in [-0.4, -0.2) is 34.5 Å². The molecule has 0 radical (unpaired) electrons. The zero-order valence-corrected chi connectivity index (χ0v) is 15.9. The van der Waals surface area contributed by atoms with E-state index in [2.05, 4.69) is 4.99 Å². The minimum Gasteiger partial charge on any atom is -0.369 e. The Morgan fingerprint density at radius 1 is 1.07 bits per heavy atom. The van der Waals surface area contributed by atoms with E-state index in [9.17, 15) is 10.1 Å². The average Bonchev–Trinajstić information content (AvgIpc) is 2.99. The van der Waals surface area contributed by atoms with Gasteiger partial charge in [-0.3, -0.25) is 9.36 Å². The summed E-state index contributed by atoms with van der Waals surface area (Å²) < 4.78 is 3.63. The summed E-state index contributed by atoms with van der Waals surface area (Å²) >= 11 is 0. The Bertz CT molecular complexity index is 1320. The van der Waals surface area contributed by atoms with E-state index in [-0.39, 0.29) is 11.1 Å². The molecule has 0 amide bonds. The summed E-state index contributed by atoms with van der Waals surface area (Å²) in [5, 5.41) is 10.5. The Balaban J connectivity index is 2.03. The predicted molar refractivity (Wildman–Crippen MR) is 113 cm³/mol. The molecule has 4 aromatic rings. The summed E-state index contributed by atoms with van der Waals surface area (Å²) in [7, 11) is 5.75. The van der Waals surface area contributed by atoms with Crippen LogP contribution < -0.4 is 5.56 Å². The van der Waals surface area contributed by atoms with E-state index in [0.717, 1.165) is 27.6 Å². The molecule has 138 valence electrons. The van der Waals surface area contributed by atoms with Gasteiger partial charge in [-0.2, -0.15) is 5.26 Å². The minimum atomic E-state index is -0.323. The molecule has 0 fully saturated rings. The van der Waals surface area contributed by atoms with Gasteiger partial charge < -0.3 is 9.47 Å². The van der Waals surface area contributed by atoms with Crippen molar-refractivity contribution in [2.45, 2.75) is 0 Å². The van der Waals surface area contributed by atoms with Crippen molar-refractivity contribution in [3.8, 4) is 11.8 Å². The van der Waals surface area contributed by atoms with Gasteiger partial charge in [0.2, 0.25) is 0 Å². The lowest BCUT2D eigenvalue weighted by Gasteiger charge is -2.10. The molecule has 0 saturated carbocycles. The van der Waals surface area contributed by atoms with Gasteiger partial charge in [-0.15, -0.1) is 0 Å². The molecule has 0 N–H and O–H groups in total. The predicted octanol–water partition coefficient (Wildman–Crippen LogP) is 3.58. The lowest BCUT2D eigenvalue weighted by Crippen LogP contribution is -2.21. The number of aryl methyl sites for hydroxylation is 1. The maximum absolute atomic E-state index is 13.1. The second-order valence-electron chi connectivity index (χ2n) is 6.84. The molecular weight excluding hydrogens is 350 g/mol. The van der Waals surface area contributed by atoms with E-state index in [1.54, 1.807) is 17.0 Å². The van der Waals surface area contributed by atoms with Crippen molar-refractivity contribution < 1.29 is 0 Å². The van der Waals surface area contributed by atoms with Gasteiger partial charge >= 0.3 is 0 Å². The van der Waals surface area contributed by atoms with Gasteiger partial charge in [-0.25, -0.2) is 4.99 Å². The molecule has 0 aliphatic heterocycles. The normalized spacial score (nSPS) is 11.4. The topological polar surface area (TPSA) is 66.3 Å². The van der Waals surface area contributed by atoms with Crippen LogP contribution in [0.5, 0.6) is 0 Å². The lowest BCUT2D eigenvalue weighted by atomic mass is 10.2. The molecule has 2 aromatic carbocycles. The van der Waals surface area contributed by atoms with E-state index in [1.165, 1.54) is 0 Å². The van der Waals surface area contributed by atoms with Crippen molar-refractivity contribution in [1.29, 1.82) is 5.26 Å². The summed E-state index contributed by atoms with van der Waals surface area (Å²) in [4.78, 5) is 19.3. The van der Waals surface area contributed by atoms with Gasteiger partial charge in [-0.05, 0) is 36.4 Å². The van der Waals surface area contributed by atoms with Crippen LogP contribution in [0.15, 0.2) is 64.4 Å². The van der Waals surface area contributed by atoms with E-state index in [4.69, 9.17) is 0 Å². The Hall–Kier alpha value is -3.85. The number of hydrogen-bond acceptors (Lipinski definition) is 3. The first-order chi connectivity index (χ1) is 13.5. The first-order valence-electron chi connectivity index (χ1n) is 8.85. The largest absolute Gasteiger partial charge is 0.369 e. The molecule has 0 unspecified atom stereocenters. The van der Waals surface area contributed by atoms with Gasteiger partial charge in [0.1, 0.15) is 11.6 Å². The minimum absolute atomic E-state index is 0.119. The summed E-state index contributed by atoms with van der Waals surface area (Å²) in [5.74, 6) is 0. The number of fused-ring (bicyclic) bond motifs is 3. The van der Waals surface area contributed by atoms with Gasteiger partial charge in [0.05, 0.1) is 28.6 Å². The van der Waals surface area contributed by atoms with Crippen molar-refractivity contribution in [1.82, 2.24) is 14.0 Å². The zero-order valence-electron chi connectivity index (χ0n) is 15.9. The Kier molecular flexibility index (Phi) is 4.21. The van der Waals surface area contributed by atoms with Crippen molar-refractivity contribution in [3.05, 3.63) is 70.5 Å². The first kappa shape index (κ1) is 17.6. The third kappa shape index (κ3) is 2.74. The van der Waals surface area contributed by atoms with E-state index < -0.39 is 0 Å². The molecule has 0 atom stereocenters. The molecule has 0 aliphatic rings. The summed E-state index contributed by atoms with van der Waals surface area (Å²) in [6, 6.07) is 19.1. The zero-order chi connectivity index (χ0) is 19.8. The molecule has 0 aliphatic carbocycles. The average molecular weight is 369 g/mol. The molecule has 0 bridgehead atoms. The van der Waals surface area contributed by atoms with Gasteiger partial charge in [-0.1, -0.05) is 18.2 Å². The van der Waals surface area contributed by atoms with Crippen LogP contribution in [0.2, 0.25) is 0 Å². The number of rotatable bonds is 3. The molecule has 2 aromatic heterocycles. The fourth-order valence-corrected chi connectivity index (χ4v) is 3.41. The fraction of sp³-hybridized carbons (Fsp3) is 0.136. The van der Waals surface area contributed by atoms with Gasteiger partial charge in [0, 0.05) is 32.2 Å². The third-order valence-corrected chi connectivity index (χ3v) is 4.73. The summed E-state index contributed by atoms with van der Waals surface area (Å²) in [5.41, 5.74) is 3.93. The summed E-state index contributed by atoms with van der Waals surface area (Å²) in [6.45, 7) is 0. The van der Waals surface area contributed by atoms with Crippen LogP contribution in [-0.2, 0) is 7.05 Å². The number of aromatic nitrogens is 2. The molecule has 0 saturated heterocycles.